The number of benzene rings is 1. The third-order valence-electron chi connectivity index (χ3n) is 3.78. The van der Waals surface area contributed by atoms with Crippen LogP contribution in [0.2, 0.25) is 0 Å². The van der Waals surface area contributed by atoms with Crippen LogP contribution in [-0.2, 0) is 16.2 Å². The molecular formula is C17H14F3N3O2S2. The predicted octanol–water partition coefficient (Wildman–Crippen LogP) is 3.82. The van der Waals surface area contributed by atoms with Gasteiger partial charge in [0.1, 0.15) is 0 Å². The first-order chi connectivity index (χ1) is 12.7. The van der Waals surface area contributed by atoms with Crippen LogP contribution in [-0.4, -0.2) is 35.5 Å². The van der Waals surface area contributed by atoms with E-state index in [1.165, 1.54) is 30.5 Å². The van der Waals surface area contributed by atoms with Crippen LogP contribution in [0.3, 0.4) is 0 Å². The van der Waals surface area contributed by atoms with Gasteiger partial charge in [0.05, 0.1) is 22.7 Å². The molecule has 2 heterocycles. The van der Waals surface area contributed by atoms with Gasteiger partial charge in [0.25, 0.3) is 10.0 Å². The minimum absolute atomic E-state index is 0.0550. The number of alkyl halides is 3. The standard InChI is InChI=1S/C17H14F3N3O2S2/c1-26-16-21-10-14(17(18,19)20)15(22-16)12-6-5-9-23(11-12)27(24,25)13-7-3-2-4-8-13/h2-10H,11H2,1H3. The van der Waals surface area contributed by atoms with Crippen molar-refractivity contribution in [1.29, 1.82) is 0 Å². The van der Waals surface area contributed by atoms with Crippen LogP contribution >= 0.6 is 11.8 Å². The van der Waals surface area contributed by atoms with Gasteiger partial charge < -0.3 is 0 Å². The molecular weight excluding hydrogens is 399 g/mol. The maximum atomic E-state index is 13.4. The van der Waals surface area contributed by atoms with E-state index in [2.05, 4.69) is 9.97 Å². The van der Waals surface area contributed by atoms with Crippen LogP contribution in [0.15, 0.2) is 64.9 Å². The van der Waals surface area contributed by atoms with E-state index in [0.717, 1.165) is 22.3 Å². The smallest absolute Gasteiger partial charge is 0.269 e. The second-order valence-electron chi connectivity index (χ2n) is 5.51. The molecule has 1 aliphatic rings. The van der Waals surface area contributed by atoms with Gasteiger partial charge in [0, 0.05) is 12.4 Å². The summed E-state index contributed by atoms with van der Waals surface area (Å²) in [7, 11) is -3.89. The molecule has 27 heavy (non-hydrogen) atoms. The molecule has 0 saturated heterocycles. The molecule has 0 radical (unpaired) electrons. The van der Waals surface area contributed by atoms with Gasteiger partial charge in [0.15, 0.2) is 5.16 Å². The molecule has 0 aliphatic carbocycles. The largest absolute Gasteiger partial charge is 0.419 e. The predicted molar refractivity (Wildman–Crippen MR) is 96.3 cm³/mol. The minimum Gasteiger partial charge on any atom is -0.269 e. The highest BCUT2D eigenvalue weighted by atomic mass is 32.2. The summed E-state index contributed by atoms with van der Waals surface area (Å²) >= 11 is 1.10. The molecule has 0 fully saturated rings. The van der Waals surface area contributed by atoms with Crippen molar-refractivity contribution in [3.63, 3.8) is 0 Å². The van der Waals surface area contributed by atoms with E-state index in [4.69, 9.17) is 0 Å². The Labute approximate surface area is 158 Å². The fraction of sp³-hybridized carbons (Fsp3) is 0.176. The van der Waals surface area contributed by atoms with E-state index in [1.54, 1.807) is 24.5 Å². The van der Waals surface area contributed by atoms with Gasteiger partial charge in [-0.3, -0.25) is 4.31 Å². The first-order valence-electron chi connectivity index (χ1n) is 7.66. The van der Waals surface area contributed by atoms with Crippen LogP contribution in [0.1, 0.15) is 11.3 Å². The number of allylic oxidation sites excluding steroid dienone is 2. The Balaban J connectivity index is 2.01. The lowest BCUT2D eigenvalue weighted by Gasteiger charge is -2.25. The third-order valence-corrected chi connectivity index (χ3v) is 6.08. The quantitative estimate of drug-likeness (QED) is 0.563. The second kappa shape index (κ2) is 7.35. The Morgan fingerprint density at radius 2 is 1.89 bits per heavy atom. The molecule has 10 heteroatoms. The van der Waals surface area contributed by atoms with E-state index in [-0.39, 0.29) is 27.9 Å². The van der Waals surface area contributed by atoms with E-state index < -0.39 is 21.8 Å². The lowest BCUT2D eigenvalue weighted by molar-refractivity contribution is -0.138. The summed E-state index contributed by atoms with van der Waals surface area (Å²) in [6, 6.07) is 7.69. The molecule has 1 aromatic carbocycles. The molecule has 0 saturated carbocycles. The van der Waals surface area contributed by atoms with Gasteiger partial charge in [-0.2, -0.15) is 13.2 Å². The average molecular weight is 413 g/mol. The Morgan fingerprint density at radius 1 is 1.19 bits per heavy atom. The first-order valence-corrected chi connectivity index (χ1v) is 10.3. The number of nitrogens with zero attached hydrogens (tertiary/aromatic N) is 3. The number of halogens is 3. The number of hydrogen-bond donors (Lipinski definition) is 0. The zero-order valence-electron chi connectivity index (χ0n) is 14.0. The van der Waals surface area contributed by atoms with Crippen LogP contribution in [0.4, 0.5) is 13.2 Å². The van der Waals surface area contributed by atoms with Crippen molar-refractivity contribution >= 4 is 27.4 Å². The zero-order valence-corrected chi connectivity index (χ0v) is 15.6. The van der Waals surface area contributed by atoms with Crippen LogP contribution < -0.4 is 0 Å². The van der Waals surface area contributed by atoms with Gasteiger partial charge in [-0.05, 0) is 30.0 Å². The van der Waals surface area contributed by atoms with Crippen molar-refractivity contribution in [1.82, 2.24) is 14.3 Å². The number of sulfonamides is 1. The van der Waals surface area contributed by atoms with Crippen LogP contribution in [0.25, 0.3) is 5.57 Å². The second-order valence-corrected chi connectivity index (χ2v) is 8.18. The molecule has 0 amide bonds. The molecule has 1 aromatic heterocycles. The molecule has 0 atom stereocenters. The third kappa shape index (κ3) is 4.01. The Kier molecular flexibility index (Phi) is 5.29. The van der Waals surface area contributed by atoms with Crippen molar-refractivity contribution in [2.75, 3.05) is 12.8 Å². The Bertz CT molecular complexity index is 1000. The lowest BCUT2D eigenvalue weighted by Crippen LogP contribution is -2.30. The molecule has 0 spiro atoms. The maximum absolute atomic E-state index is 13.4. The highest BCUT2D eigenvalue weighted by Gasteiger charge is 2.37. The SMILES string of the molecule is CSc1ncc(C(F)(F)F)c(C2=CC=CN(S(=O)(=O)c3ccccc3)C2)n1. The van der Waals surface area contributed by atoms with Crippen molar-refractivity contribution in [2.24, 2.45) is 0 Å². The monoisotopic (exact) mass is 413 g/mol. The van der Waals surface area contributed by atoms with E-state index in [0.29, 0.717) is 0 Å². The molecule has 0 bridgehead atoms. The van der Waals surface area contributed by atoms with Crippen molar-refractivity contribution in [3.05, 3.63) is 66.1 Å². The van der Waals surface area contributed by atoms with E-state index >= 15 is 0 Å². The van der Waals surface area contributed by atoms with E-state index in [9.17, 15) is 21.6 Å². The zero-order chi connectivity index (χ0) is 19.7. The molecule has 1 aliphatic heterocycles. The van der Waals surface area contributed by atoms with E-state index in [1.807, 2.05) is 0 Å². The van der Waals surface area contributed by atoms with Crippen LogP contribution in [0, 0.1) is 0 Å². The summed E-state index contributed by atoms with van der Waals surface area (Å²) in [5.41, 5.74) is -1.18. The summed E-state index contributed by atoms with van der Waals surface area (Å²) in [6.45, 7) is -0.262. The van der Waals surface area contributed by atoms with Gasteiger partial charge in [-0.1, -0.05) is 36.0 Å². The minimum atomic E-state index is -4.66. The molecule has 3 rings (SSSR count). The van der Waals surface area contributed by atoms with Gasteiger partial charge in [-0.15, -0.1) is 0 Å². The fourth-order valence-electron chi connectivity index (χ4n) is 2.49. The maximum Gasteiger partial charge on any atom is 0.419 e. The van der Waals surface area contributed by atoms with Crippen molar-refractivity contribution in [3.8, 4) is 0 Å². The van der Waals surface area contributed by atoms with Crippen molar-refractivity contribution < 1.29 is 21.6 Å². The summed E-state index contributed by atoms with van der Waals surface area (Å²) < 4.78 is 66.6. The summed E-state index contributed by atoms with van der Waals surface area (Å²) in [6.07, 6.45) is 1.85. The van der Waals surface area contributed by atoms with Gasteiger partial charge >= 0.3 is 6.18 Å². The molecule has 142 valence electrons. The van der Waals surface area contributed by atoms with Gasteiger partial charge in [0.2, 0.25) is 0 Å². The highest BCUT2D eigenvalue weighted by Crippen LogP contribution is 2.35. The summed E-state index contributed by atoms with van der Waals surface area (Å²) in [5.74, 6) is 0. The van der Waals surface area contributed by atoms with Crippen molar-refractivity contribution in [2.45, 2.75) is 16.2 Å². The van der Waals surface area contributed by atoms with Gasteiger partial charge in [-0.25, -0.2) is 18.4 Å². The lowest BCUT2D eigenvalue weighted by atomic mass is 10.1. The molecule has 2 aromatic rings. The Hall–Kier alpha value is -2.33. The number of hydrogen-bond acceptors (Lipinski definition) is 5. The summed E-state index contributed by atoms with van der Waals surface area (Å²) in [5, 5.41) is 0.172. The molecule has 0 N–H and O–H groups in total. The molecule has 0 unspecified atom stereocenters. The Morgan fingerprint density at radius 3 is 2.52 bits per heavy atom. The molecule has 5 nitrogen and oxygen atoms in total. The summed E-state index contributed by atoms with van der Waals surface area (Å²) in [4.78, 5) is 7.72. The number of thioether (sulfide) groups is 1. The number of aromatic nitrogens is 2. The first kappa shape index (κ1) is 19.4. The average Bonchev–Trinajstić information content (AvgIpc) is 2.67. The fourth-order valence-corrected chi connectivity index (χ4v) is 4.14. The normalized spacial score (nSPS) is 15.0. The van der Waals surface area contributed by atoms with Crippen LogP contribution in [0.5, 0.6) is 0 Å². The number of rotatable bonds is 4. The topological polar surface area (TPSA) is 63.2 Å². The highest BCUT2D eigenvalue weighted by molar-refractivity contribution is 7.98.